The van der Waals surface area contributed by atoms with Crippen molar-refractivity contribution in [2.45, 2.75) is 0 Å². The van der Waals surface area contributed by atoms with Crippen molar-refractivity contribution >= 4 is 45.7 Å². The molecule has 3 heterocycles. The van der Waals surface area contributed by atoms with E-state index in [0.717, 1.165) is 27.7 Å². The summed E-state index contributed by atoms with van der Waals surface area (Å²) in [4.78, 5) is 20.5. The minimum absolute atomic E-state index is 0.215. The molecule has 0 N–H and O–H groups in total. The smallest absolute Gasteiger partial charge is 0.356 e. The van der Waals surface area contributed by atoms with E-state index in [1.165, 1.54) is 7.11 Å². The maximum absolute atomic E-state index is 11.9. The largest absolute Gasteiger partial charge is 0.464 e. The third-order valence-electron chi connectivity index (χ3n) is 3.93. The molecule has 7 heteroatoms. The van der Waals surface area contributed by atoms with Crippen LogP contribution in [0.1, 0.15) is 10.5 Å². The Balaban J connectivity index is 2.13. The molecule has 0 fully saturated rings. The van der Waals surface area contributed by atoms with Gasteiger partial charge in [0.05, 0.1) is 12.6 Å². The lowest BCUT2D eigenvalue weighted by Crippen LogP contribution is -2.05. The predicted octanol–water partition coefficient (Wildman–Crippen LogP) is 4.64. The number of fused-ring (bicyclic) bond motifs is 3. The molecule has 0 atom stereocenters. The summed E-state index contributed by atoms with van der Waals surface area (Å²) in [7, 11) is 1.32. The lowest BCUT2D eigenvalue weighted by molar-refractivity contribution is 0.0594. The highest BCUT2D eigenvalue weighted by Gasteiger charge is 2.18. The molecule has 4 rings (SSSR count). The topological polar surface area (TPSA) is 56.5 Å². The first-order valence-corrected chi connectivity index (χ1v) is 8.13. The van der Waals surface area contributed by atoms with Gasteiger partial charge in [-0.1, -0.05) is 23.2 Å². The average molecular weight is 372 g/mol. The number of aromatic nitrogens is 3. The van der Waals surface area contributed by atoms with Gasteiger partial charge in [0.1, 0.15) is 12.0 Å². The molecule has 0 saturated carbocycles. The van der Waals surface area contributed by atoms with Gasteiger partial charge in [-0.25, -0.2) is 14.8 Å². The molecular weight excluding hydrogens is 361 g/mol. The molecule has 5 nitrogen and oxygen atoms in total. The van der Waals surface area contributed by atoms with Gasteiger partial charge in [-0.3, -0.25) is 4.40 Å². The normalized spacial score (nSPS) is 11.2. The van der Waals surface area contributed by atoms with Crippen LogP contribution in [0.5, 0.6) is 0 Å². The van der Waals surface area contributed by atoms with Crippen molar-refractivity contribution in [3.8, 4) is 11.1 Å². The van der Waals surface area contributed by atoms with E-state index < -0.39 is 5.97 Å². The number of hydrogen-bond donors (Lipinski definition) is 0. The lowest BCUT2D eigenvalue weighted by atomic mass is 10.0. The highest BCUT2D eigenvalue weighted by atomic mass is 35.5. The number of carbonyl (C=O) groups excluding carboxylic acids is 1. The van der Waals surface area contributed by atoms with E-state index in [0.29, 0.717) is 10.0 Å². The second kappa shape index (κ2) is 6.02. The Kier molecular flexibility index (Phi) is 3.82. The van der Waals surface area contributed by atoms with Crippen molar-refractivity contribution in [2.75, 3.05) is 7.11 Å². The van der Waals surface area contributed by atoms with Gasteiger partial charge < -0.3 is 4.74 Å². The summed E-state index contributed by atoms with van der Waals surface area (Å²) in [5, 5.41) is 1.96. The van der Waals surface area contributed by atoms with Crippen LogP contribution in [0.2, 0.25) is 10.0 Å². The molecule has 0 aliphatic carbocycles. The number of methoxy groups -OCH3 is 1. The Bertz CT molecular complexity index is 1120. The molecule has 0 radical (unpaired) electrons. The van der Waals surface area contributed by atoms with E-state index in [1.54, 1.807) is 24.7 Å². The molecule has 0 unspecified atom stereocenters. The fourth-order valence-electron chi connectivity index (χ4n) is 2.92. The SMILES string of the molecule is COC(=O)c1cc2c(-c3cc(Cl)cc(Cl)c3)c3cccnc3n2cn1. The van der Waals surface area contributed by atoms with E-state index in [-0.39, 0.29) is 5.69 Å². The zero-order chi connectivity index (χ0) is 17.6. The number of esters is 1. The fourth-order valence-corrected chi connectivity index (χ4v) is 3.45. The highest BCUT2D eigenvalue weighted by Crippen LogP contribution is 2.37. The summed E-state index contributed by atoms with van der Waals surface area (Å²) < 4.78 is 6.60. The van der Waals surface area contributed by atoms with Gasteiger partial charge in [-0.05, 0) is 42.0 Å². The van der Waals surface area contributed by atoms with Gasteiger partial charge in [0.25, 0.3) is 0 Å². The second-order valence-corrected chi connectivity index (χ2v) is 6.30. The number of ether oxygens (including phenoxy) is 1. The Morgan fingerprint density at radius 2 is 1.88 bits per heavy atom. The molecule has 1 aromatic carbocycles. The Labute approximate surface area is 152 Å². The van der Waals surface area contributed by atoms with E-state index in [2.05, 4.69) is 9.97 Å². The Morgan fingerprint density at radius 1 is 1.12 bits per heavy atom. The van der Waals surface area contributed by atoms with E-state index in [1.807, 2.05) is 28.7 Å². The summed E-state index contributed by atoms with van der Waals surface area (Å²) in [5.74, 6) is -0.504. The molecule has 0 amide bonds. The van der Waals surface area contributed by atoms with Crippen LogP contribution in [0.4, 0.5) is 0 Å². The number of rotatable bonds is 2. The van der Waals surface area contributed by atoms with Gasteiger partial charge in [0, 0.05) is 27.2 Å². The summed E-state index contributed by atoms with van der Waals surface area (Å²) in [6.07, 6.45) is 3.27. The van der Waals surface area contributed by atoms with E-state index in [4.69, 9.17) is 27.9 Å². The number of carbonyl (C=O) groups is 1. The van der Waals surface area contributed by atoms with Gasteiger partial charge in [0.15, 0.2) is 5.69 Å². The number of nitrogens with zero attached hydrogens (tertiary/aromatic N) is 3. The highest BCUT2D eigenvalue weighted by molar-refractivity contribution is 6.35. The minimum atomic E-state index is -0.504. The molecule has 0 aliphatic heterocycles. The van der Waals surface area contributed by atoms with Crippen molar-refractivity contribution in [1.82, 2.24) is 14.4 Å². The Morgan fingerprint density at radius 3 is 2.60 bits per heavy atom. The zero-order valence-electron chi connectivity index (χ0n) is 13.0. The quantitative estimate of drug-likeness (QED) is 0.481. The first-order chi connectivity index (χ1) is 12.1. The average Bonchev–Trinajstić information content (AvgIpc) is 2.93. The maximum atomic E-state index is 11.9. The number of pyridine rings is 1. The first-order valence-electron chi connectivity index (χ1n) is 7.38. The third kappa shape index (κ3) is 2.62. The van der Waals surface area contributed by atoms with Crippen molar-refractivity contribution in [2.24, 2.45) is 0 Å². The van der Waals surface area contributed by atoms with Crippen LogP contribution >= 0.6 is 23.2 Å². The summed E-state index contributed by atoms with van der Waals surface area (Å²) in [6, 6.07) is 10.8. The standard InChI is InChI=1S/C18H11Cl2N3O2/c1-25-18(24)14-8-15-16(10-5-11(19)7-12(20)6-10)13-3-2-4-21-17(13)23(15)9-22-14/h2-9H,1H3. The molecule has 0 bridgehead atoms. The molecule has 25 heavy (non-hydrogen) atoms. The first kappa shape index (κ1) is 15.9. The number of halogens is 2. The summed E-state index contributed by atoms with van der Waals surface area (Å²) in [6.45, 7) is 0. The zero-order valence-corrected chi connectivity index (χ0v) is 14.5. The van der Waals surface area contributed by atoms with Gasteiger partial charge >= 0.3 is 5.97 Å². The van der Waals surface area contributed by atoms with Crippen LogP contribution < -0.4 is 0 Å². The van der Waals surface area contributed by atoms with Crippen molar-refractivity contribution < 1.29 is 9.53 Å². The summed E-state index contributed by atoms with van der Waals surface area (Å²) in [5.41, 5.74) is 3.42. The monoisotopic (exact) mass is 371 g/mol. The van der Waals surface area contributed by atoms with Crippen molar-refractivity contribution in [3.63, 3.8) is 0 Å². The maximum Gasteiger partial charge on any atom is 0.356 e. The van der Waals surface area contributed by atoms with Gasteiger partial charge in [-0.2, -0.15) is 0 Å². The van der Waals surface area contributed by atoms with E-state index in [9.17, 15) is 4.79 Å². The molecule has 0 spiro atoms. The lowest BCUT2D eigenvalue weighted by Gasteiger charge is -2.05. The second-order valence-electron chi connectivity index (χ2n) is 5.43. The molecule has 124 valence electrons. The van der Waals surface area contributed by atoms with Crippen molar-refractivity contribution in [3.05, 3.63) is 64.7 Å². The number of benzene rings is 1. The van der Waals surface area contributed by atoms with Crippen LogP contribution in [0.3, 0.4) is 0 Å². The van der Waals surface area contributed by atoms with Crippen LogP contribution in [0, 0.1) is 0 Å². The molecule has 0 aliphatic rings. The van der Waals surface area contributed by atoms with Gasteiger partial charge in [0.2, 0.25) is 0 Å². The fraction of sp³-hybridized carbons (Fsp3) is 0.0556. The minimum Gasteiger partial charge on any atom is -0.464 e. The summed E-state index contributed by atoms with van der Waals surface area (Å²) >= 11 is 12.4. The Hall–Kier alpha value is -2.63. The number of hydrogen-bond acceptors (Lipinski definition) is 4. The molecule has 3 aromatic heterocycles. The molecular formula is C18H11Cl2N3O2. The molecule has 0 saturated heterocycles. The predicted molar refractivity (Wildman–Crippen MR) is 97.3 cm³/mol. The van der Waals surface area contributed by atoms with Crippen LogP contribution in [-0.4, -0.2) is 27.4 Å². The molecule has 4 aromatic rings. The van der Waals surface area contributed by atoms with Crippen LogP contribution in [-0.2, 0) is 4.74 Å². The van der Waals surface area contributed by atoms with Crippen LogP contribution in [0.15, 0.2) is 48.9 Å². The van der Waals surface area contributed by atoms with Crippen LogP contribution in [0.25, 0.3) is 27.7 Å². The van der Waals surface area contributed by atoms with E-state index >= 15 is 0 Å². The van der Waals surface area contributed by atoms with Crippen molar-refractivity contribution in [1.29, 1.82) is 0 Å². The van der Waals surface area contributed by atoms with Gasteiger partial charge in [-0.15, -0.1) is 0 Å². The third-order valence-corrected chi connectivity index (χ3v) is 4.37.